The summed E-state index contributed by atoms with van der Waals surface area (Å²) in [6.45, 7) is 5.89. The van der Waals surface area contributed by atoms with Crippen LogP contribution >= 0.6 is 0 Å². The van der Waals surface area contributed by atoms with Crippen molar-refractivity contribution in [2.75, 3.05) is 32.7 Å². The third-order valence-electron chi connectivity index (χ3n) is 10.1. The lowest BCUT2D eigenvalue weighted by molar-refractivity contribution is -0.145. The largest absolute Gasteiger partial charge is 0.480 e. The van der Waals surface area contributed by atoms with Gasteiger partial charge in [-0.2, -0.15) is 0 Å². The summed E-state index contributed by atoms with van der Waals surface area (Å²) < 4.78 is 0. The van der Waals surface area contributed by atoms with Crippen LogP contribution in [0.1, 0.15) is 97.8 Å². The number of likely N-dealkylation sites (tertiary alicyclic amines) is 1. The average Bonchev–Trinajstić information content (AvgIpc) is 3.69. The van der Waals surface area contributed by atoms with Crippen molar-refractivity contribution in [1.29, 1.82) is 16.2 Å². The molecule has 0 aromatic heterocycles. The van der Waals surface area contributed by atoms with E-state index in [1.807, 2.05) is 0 Å². The van der Waals surface area contributed by atoms with Crippen molar-refractivity contribution in [1.82, 2.24) is 47.4 Å². The van der Waals surface area contributed by atoms with Gasteiger partial charge in [0.15, 0.2) is 17.9 Å². The van der Waals surface area contributed by atoms with E-state index in [1.165, 1.54) is 11.8 Å². The third kappa shape index (κ3) is 20.7. The van der Waals surface area contributed by atoms with Crippen LogP contribution in [0.2, 0.25) is 0 Å². The monoisotopic (exact) mass is 867 g/mol. The molecule has 1 saturated heterocycles. The molecule has 1 fully saturated rings. The van der Waals surface area contributed by atoms with Crippen LogP contribution in [0.4, 0.5) is 0 Å². The maximum Gasteiger partial charge on any atom is 0.326 e. The van der Waals surface area contributed by atoms with Crippen molar-refractivity contribution in [3.05, 3.63) is 0 Å². The summed E-state index contributed by atoms with van der Waals surface area (Å²) in [4.78, 5) is 94.7. The van der Waals surface area contributed by atoms with E-state index in [0.717, 1.165) is 0 Å². The van der Waals surface area contributed by atoms with Crippen molar-refractivity contribution in [2.24, 2.45) is 28.9 Å². The van der Waals surface area contributed by atoms with Crippen molar-refractivity contribution in [2.45, 2.75) is 134 Å². The Morgan fingerprint density at radius 2 is 1.15 bits per heavy atom. The number of guanidine groups is 3. The van der Waals surface area contributed by atoms with Gasteiger partial charge in [-0.15, -0.1) is 0 Å². The molecule has 346 valence electrons. The highest BCUT2D eigenvalue weighted by atomic mass is 16.4. The molecular formula is C37H70N16O8. The smallest absolute Gasteiger partial charge is 0.326 e. The molecule has 1 aliphatic heterocycles. The van der Waals surface area contributed by atoms with E-state index in [0.29, 0.717) is 38.6 Å². The van der Waals surface area contributed by atoms with Crippen LogP contribution in [0.3, 0.4) is 0 Å². The third-order valence-corrected chi connectivity index (χ3v) is 10.1. The van der Waals surface area contributed by atoms with Crippen molar-refractivity contribution in [3.63, 3.8) is 0 Å². The van der Waals surface area contributed by atoms with E-state index in [9.17, 15) is 38.7 Å². The van der Waals surface area contributed by atoms with E-state index < -0.39 is 83.6 Å². The quantitative estimate of drug-likeness (QED) is 0.0197. The van der Waals surface area contributed by atoms with E-state index in [-0.39, 0.29) is 89.0 Å². The lowest BCUT2D eigenvalue weighted by atomic mass is 9.96. The molecule has 0 unspecified atom stereocenters. The van der Waals surface area contributed by atoms with E-state index in [4.69, 9.17) is 39.2 Å². The van der Waals surface area contributed by atoms with Crippen LogP contribution < -0.4 is 65.5 Å². The molecule has 0 radical (unpaired) electrons. The number of nitrogens with zero attached hydrogens (tertiary/aromatic N) is 1. The summed E-state index contributed by atoms with van der Waals surface area (Å²) in [5, 5.41) is 53.2. The van der Waals surface area contributed by atoms with E-state index in [1.54, 1.807) is 13.8 Å². The summed E-state index contributed by atoms with van der Waals surface area (Å²) in [6, 6.07) is -6.90. The Balaban J connectivity index is 3.39. The molecule has 0 spiro atoms. The fraction of sp³-hybridized carbons (Fsp3) is 0.730. The Hall–Kier alpha value is -5.94. The second kappa shape index (κ2) is 28.5. The first-order valence-corrected chi connectivity index (χ1v) is 20.8. The predicted octanol–water partition coefficient (Wildman–Crippen LogP) is -3.53. The molecule has 0 aliphatic carbocycles. The first kappa shape index (κ1) is 53.1. The van der Waals surface area contributed by atoms with Gasteiger partial charge in [-0.25, -0.2) is 4.79 Å². The number of carbonyl (C=O) groups excluding carboxylic acids is 6. The summed E-state index contributed by atoms with van der Waals surface area (Å²) in [6.07, 6.45) is 3.36. The van der Waals surface area contributed by atoms with Gasteiger partial charge in [-0.1, -0.05) is 20.3 Å². The predicted molar refractivity (Wildman–Crippen MR) is 228 cm³/mol. The number of carbonyl (C=O) groups is 7. The molecule has 61 heavy (non-hydrogen) atoms. The Labute approximate surface area is 356 Å². The molecule has 7 atom stereocenters. The van der Waals surface area contributed by atoms with Gasteiger partial charge >= 0.3 is 5.97 Å². The van der Waals surface area contributed by atoms with Crippen LogP contribution in [0.15, 0.2) is 0 Å². The summed E-state index contributed by atoms with van der Waals surface area (Å²) in [5.41, 5.74) is 21.7. The molecule has 1 heterocycles. The number of carboxylic acid groups (broad SMARTS) is 1. The molecule has 1 rings (SSSR count). The fourth-order valence-corrected chi connectivity index (χ4v) is 6.64. The number of nitrogens with two attached hydrogens (primary N) is 4. The van der Waals surface area contributed by atoms with Crippen LogP contribution in [0.5, 0.6) is 0 Å². The highest BCUT2D eigenvalue weighted by Gasteiger charge is 2.40. The summed E-state index contributed by atoms with van der Waals surface area (Å²) >= 11 is 0. The SMILES string of the molecule is CC[C@H](C)[C@H](NC(=O)[C@H](CCCNC(=N)N)NC(=O)[C@H](CCCNC(=N)N)NC(C)=O)C(=O)N[C@@H](CCCNC(=N)N)C(=O)N1CCC[C@H]1C(=O)N[C@@H](CCCCN)C(=O)O. The van der Waals surface area contributed by atoms with Crippen LogP contribution in [-0.2, 0) is 33.6 Å². The summed E-state index contributed by atoms with van der Waals surface area (Å²) in [5.74, 6) is -6.43. The zero-order chi connectivity index (χ0) is 46.1. The fourth-order valence-electron chi connectivity index (χ4n) is 6.64. The van der Waals surface area contributed by atoms with Gasteiger partial charge in [0.2, 0.25) is 35.4 Å². The Kier molecular flexibility index (Phi) is 24.8. The summed E-state index contributed by atoms with van der Waals surface area (Å²) in [7, 11) is 0. The zero-order valence-electron chi connectivity index (χ0n) is 35.6. The normalized spacial score (nSPS) is 16.3. The van der Waals surface area contributed by atoms with Crippen LogP contribution in [0, 0.1) is 22.1 Å². The topological polar surface area (TPSA) is 415 Å². The molecule has 24 heteroatoms. The molecule has 0 saturated carbocycles. The average molecular weight is 867 g/mol. The number of aliphatic carboxylic acids is 1. The first-order chi connectivity index (χ1) is 28.8. The van der Waals surface area contributed by atoms with Gasteiger partial charge < -0.3 is 75.5 Å². The Bertz CT molecular complexity index is 1520. The molecule has 1 aliphatic rings. The second-order valence-corrected chi connectivity index (χ2v) is 15.1. The Morgan fingerprint density at radius 3 is 1.62 bits per heavy atom. The minimum atomic E-state index is -1.23. The van der Waals surface area contributed by atoms with Gasteiger partial charge in [0.05, 0.1) is 0 Å². The highest BCUT2D eigenvalue weighted by Crippen LogP contribution is 2.21. The first-order valence-electron chi connectivity index (χ1n) is 20.8. The number of hydrogen-bond donors (Lipinski definition) is 16. The minimum Gasteiger partial charge on any atom is -0.480 e. The van der Waals surface area contributed by atoms with Crippen molar-refractivity contribution < 1.29 is 38.7 Å². The lowest BCUT2D eigenvalue weighted by Crippen LogP contribution is -2.60. The highest BCUT2D eigenvalue weighted by molar-refractivity contribution is 5.97. The van der Waals surface area contributed by atoms with Gasteiger partial charge in [-0.05, 0) is 83.1 Å². The molecule has 0 bridgehead atoms. The van der Waals surface area contributed by atoms with Gasteiger partial charge in [-0.3, -0.25) is 45.0 Å². The van der Waals surface area contributed by atoms with E-state index >= 15 is 0 Å². The van der Waals surface area contributed by atoms with Gasteiger partial charge in [0.25, 0.3) is 0 Å². The maximum atomic E-state index is 14.2. The van der Waals surface area contributed by atoms with E-state index in [2.05, 4.69) is 42.5 Å². The van der Waals surface area contributed by atoms with Crippen molar-refractivity contribution in [3.8, 4) is 0 Å². The number of unbranched alkanes of at least 4 members (excludes halogenated alkanes) is 1. The molecule has 0 aromatic carbocycles. The number of amides is 6. The minimum absolute atomic E-state index is 0.0316. The number of nitrogens with one attached hydrogen (secondary N) is 11. The molecule has 20 N–H and O–H groups in total. The standard InChI is InChI=1S/C37H70N16O8/c1-4-21(2)28(52-30(56)24(13-8-18-46-36(41)42)49-29(55)23(48-22(3)54)12-7-17-45-35(39)40)32(58)50-25(14-9-19-47-37(43)44)33(59)53-20-10-15-27(53)31(57)51-26(34(60)61)11-5-6-16-38/h21,23-28H,4-20,38H2,1-3H3,(H,48,54)(H,49,55)(H,50,58)(H,51,57)(H,52,56)(H,60,61)(H4,39,40,45)(H4,41,42,46)(H4,43,44,47)/t21-,23-,24-,25-,26-,27-,28-/m0/s1. The second-order valence-electron chi connectivity index (χ2n) is 15.1. The van der Waals surface area contributed by atoms with Crippen LogP contribution in [0.25, 0.3) is 0 Å². The lowest BCUT2D eigenvalue weighted by Gasteiger charge is -2.32. The number of rotatable bonds is 29. The molecule has 6 amide bonds. The van der Waals surface area contributed by atoms with Gasteiger partial charge in [0.1, 0.15) is 36.3 Å². The molecule has 24 nitrogen and oxygen atoms in total. The molecule has 0 aromatic rings. The maximum absolute atomic E-state index is 14.2. The van der Waals surface area contributed by atoms with Crippen LogP contribution in [-0.4, -0.2) is 138 Å². The Morgan fingerprint density at radius 1 is 0.672 bits per heavy atom. The number of carboxylic acids is 1. The number of hydrogen-bond acceptors (Lipinski definition) is 11. The van der Waals surface area contributed by atoms with Gasteiger partial charge in [0, 0.05) is 33.1 Å². The zero-order valence-corrected chi connectivity index (χ0v) is 35.6. The van der Waals surface area contributed by atoms with Crippen molar-refractivity contribution >= 4 is 59.3 Å². The molecular weight excluding hydrogens is 797 g/mol.